The van der Waals surface area contributed by atoms with Gasteiger partial charge in [0.1, 0.15) is 0 Å². The molecule has 0 radical (unpaired) electrons. The summed E-state index contributed by atoms with van der Waals surface area (Å²) in [6.45, 7) is 2.85. The maximum atomic E-state index is 10.8. The number of nitrogens with zero attached hydrogens (tertiary/aromatic N) is 1. The molecule has 0 aromatic rings. The van der Waals surface area contributed by atoms with E-state index in [4.69, 9.17) is 0 Å². The van der Waals surface area contributed by atoms with Crippen molar-refractivity contribution in [3.63, 3.8) is 0 Å². The van der Waals surface area contributed by atoms with Crippen molar-refractivity contribution in [2.24, 2.45) is 22.4 Å². The van der Waals surface area contributed by atoms with Crippen LogP contribution in [-0.2, 0) is 0 Å². The highest BCUT2D eigenvalue weighted by molar-refractivity contribution is 4.82. The van der Waals surface area contributed by atoms with E-state index in [1.807, 2.05) is 0 Å². The summed E-state index contributed by atoms with van der Waals surface area (Å²) in [5.41, 5.74) is 0.183. The Kier molecular flexibility index (Phi) is 6.51. The Morgan fingerprint density at radius 3 is 2.20 bits per heavy atom. The fraction of sp³-hybridized carbons (Fsp3) is 1.00. The number of hydrogen-bond donors (Lipinski definition) is 0. The molecule has 116 valence electrons. The van der Waals surface area contributed by atoms with Crippen LogP contribution in [-0.4, -0.2) is 6.54 Å². The molecule has 0 heterocycles. The molecule has 0 aromatic carbocycles. The average Bonchev–Trinajstić information content (AvgIpc) is 2.44. The van der Waals surface area contributed by atoms with E-state index in [1.165, 1.54) is 83.5 Å². The van der Waals surface area contributed by atoms with Crippen LogP contribution in [0.1, 0.15) is 90.4 Å². The van der Waals surface area contributed by atoms with Gasteiger partial charge < -0.3 is 0 Å². The minimum absolute atomic E-state index is 0.183. The number of hydrogen-bond acceptors (Lipinski definition) is 2. The second-order valence-corrected chi connectivity index (χ2v) is 7.85. The predicted octanol–water partition coefficient (Wildman–Crippen LogP) is 6.09. The molecule has 2 saturated carbocycles. The molecule has 2 aliphatic carbocycles. The molecule has 0 spiro atoms. The summed E-state index contributed by atoms with van der Waals surface area (Å²) >= 11 is 0. The van der Waals surface area contributed by atoms with Gasteiger partial charge >= 0.3 is 0 Å². The summed E-state index contributed by atoms with van der Waals surface area (Å²) in [6.07, 6.45) is 18.0. The third kappa shape index (κ3) is 5.18. The van der Waals surface area contributed by atoms with E-state index in [1.54, 1.807) is 0 Å². The summed E-state index contributed by atoms with van der Waals surface area (Å²) in [7, 11) is 0. The smallest absolute Gasteiger partial charge is 0.0864 e. The molecule has 0 amide bonds. The first-order valence-electron chi connectivity index (χ1n) is 9.01. The van der Waals surface area contributed by atoms with E-state index in [-0.39, 0.29) is 5.41 Å². The van der Waals surface area contributed by atoms with Crippen molar-refractivity contribution in [2.45, 2.75) is 90.4 Å². The van der Waals surface area contributed by atoms with Gasteiger partial charge in [0.2, 0.25) is 0 Å². The molecule has 20 heavy (non-hydrogen) atoms. The van der Waals surface area contributed by atoms with Crippen molar-refractivity contribution in [3.05, 3.63) is 4.91 Å². The van der Waals surface area contributed by atoms with E-state index in [2.05, 4.69) is 12.1 Å². The lowest BCUT2D eigenvalue weighted by atomic mass is 9.72. The van der Waals surface area contributed by atoms with Gasteiger partial charge in [-0.25, -0.2) is 0 Å². The van der Waals surface area contributed by atoms with E-state index in [0.29, 0.717) is 6.54 Å². The lowest BCUT2D eigenvalue weighted by molar-refractivity contribution is 0.188. The maximum absolute atomic E-state index is 10.8. The van der Waals surface area contributed by atoms with Crippen LogP contribution in [0.5, 0.6) is 0 Å². The van der Waals surface area contributed by atoms with Crippen LogP contribution >= 0.6 is 0 Å². The van der Waals surface area contributed by atoms with Crippen LogP contribution in [0, 0.1) is 22.2 Å². The fourth-order valence-corrected chi connectivity index (χ4v) is 4.61. The molecule has 0 saturated heterocycles. The molecule has 0 aromatic heterocycles. The van der Waals surface area contributed by atoms with Crippen molar-refractivity contribution < 1.29 is 0 Å². The number of nitroso groups, excluding NO2 is 1. The SMILES string of the molecule is CC1(CN=O)CCCC2CCCCCCC(CCC2)C1. The average molecular weight is 279 g/mol. The van der Waals surface area contributed by atoms with Gasteiger partial charge in [-0.2, -0.15) is 4.91 Å². The van der Waals surface area contributed by atoms with Gasteiger partial charge in [-0.1, -0.05) is 82.7 Å². The number of rotatable bonds is 2. The van der Waals surface area contributed by atoms with Gasteiger partial charge in [0.15, 0.2) is 0 Å². The highest BCUT2D eigenvalue weighted by Crippen LogP contribution is 2.39. The van der Waals surface area contributed by atoms with Crippen LogP contribution in [0.15, 0.2) is 5.18 Å². The Morgan fingerprint density at radius 1 is 0.850 bits per heavy atom. The summed E-state index contributed by atoms with van der Waals surface area (Å²) in [6, 6.07) is 0. The van der Waals surface area contributed by atoms with Gasteiger partial charge in [-0.15, -0.1) is 0 Å². The quantitative estimate of drug-likeness (QED) is 0.562. The zero-order valence-electron chi connectivity index (χ0n) is 13.4. The van der Waals surface area contributed by atoms with Crippen molar-refractivity contribution >= 4 is 0 Å². The Morgan fingerprint density at radius 2 is 1.45 bits per heavy atom. The summed E-state index contributed by atoms with van der Waals surface area (Å²) in [5, 5.41) is 3.27. The highest BCUT2D eigenvalue weighted by atomic mass is 16.3. The van der Waals surface area contributed by atoms with E-state index < -0.39 is 0 Å². The molecular weight excluding hydrogens is 246 g/mol. The molecule has 2 nitrogen and oxygen atoms in total. The summed E-state index contributed by atoms with van der Waals surface area (Å²) < 4.78 is 0. The van der Waals surface area contributed by atoms with Crippen molar-refractivity contribution in [3.8, 4) is 0 Å². The van der Waals surface area contributed by atoms with E-state index in [0.717, 1.165) is 11.8 Å². The van der Waals surface area contributed by atoms with Gasteiger partial charge in [0.05, 0.1) is 6.54 Å². The molecule has 2 bridgehead atoms. The second-order valence-electron chi connectivity index (χ2n) is 7.85. The van der Waals surface area contributed by atoms with Crippen LogP contribution in [0.4, 0.5) is 0 Å². The standard InChI is InChI=1S/C18H33NO/c1-18(15-19-20)13-7-12-16-8-4-2-3-5-9-17(14-18)11-6-10-16/h16-17H,2-15H2,1H3. The summed E-state index contributed by atoms with van der Waals surface area (Å²) in [5.74, 6) is 1.80. The van der Waals surface area contributed by atoms with E-state index in [9.17, 15) is 4.91 Å². The van der Waals surface area contributed by atoms with Crippen LogP contribution < -0.4 is 0 Å². The maximum Gasteiger partial charge on any atom is 0.0864 e. The minimum atomic E-state index is 0.183. The monoisotopic (exact) mass is 279 g/mol. The molecule has 0 aliphatic heterocycles. The van der Waals surface area contributed by atoms with Gasteiger partial charge in [-0.05, 0) is 30.1 Å². The van der Waals surface area contributed by atoms with E-state index >= 15 is 0 Å². The van der Waals surface area contributed by atoms with Crippen LogP contribution in [0.2, 0.25) is 0 Å². The predicted molar refractivity (Wildman–Crippen MR) is 85.8 cm³/mol. The lowest BCUT2D eigenvalue weighted by Gasteiger charge is -2.33. The van der Waals surface area contributed by atoms with Gasteiger partial charge in [-0.3, -0.25) is 0 Å². The number of fused-ring (bicyclic) bond motifs is 4. The molecular formula is C18H33NO. The highest BCUT2D eigenvalue weighted by Gasteiger charge is 2.30. The van der Waals surface area contributed by atoms with Gasteiger partial charge in [0.25, 0.3) is 0 Å². The fourth-order valence-electron chi connectivity index (χ4n) is 4.61. The van der Waals surface area contributed by atoms with Gasteiger partial charge in [0, 0.05) is 0 Å². The molecule has 2 rings (SSSR count). The Bertz CT molecular complexity index is 291. The molecule has 0 N–H and O–H groups in total. The van der Waals surface area contributed by atoms with Crippen molar-refractivity contribution in [1.29, 1.82) is 0 Å². The van der Waals surface area contributed by atoms with Crippen LogP contribution in [0.25, 0.3) is 0 Å². The minimum Gasteiger partial charge on any atom is -0.151 e. The van der Waals surface area contributed by atoms with Crippen molar-refractivity contribution in [2.75, 3.05) is 6.54 Å². The first-order valence-corrected chi connectivity index (χ1v) is 9.01. The first kappa shape index (κ1) is 16.0. The third-order valence-electron chi connectivity index (χ3n) is 5.82. The zero-order valence-corrected chi connectivity index (χ0v) is 13.4. The Hall–Kier alpha value is -0.400. The molecule has 3 unspecified atom stereocenters. The topological polar surface area (TPSA) is 29.4 Å². The first-order chi connectivity index (χ1) is 9.72. The Labute approximate surface area is 125 Å². The zero-order chi connectivity index (χ0) is 14.3. The third-order valence-corrected chi connectivity index (χ3v) is 5.82. The second kappa shape index (κ2) is 8.14. The largest absolute Gasteiger partial charge is 0.151 e. The summed E-state index contributed by atoms with van der Waals surface area (Å²) in [4.78, 5) is 10.8. The van der Waals surface area contributed by atoms with Crippen LogP contribution in [0.3, 0.4) is 0 Å². The van der Waals surface area contributed by atoms with Crippen molar-refractivity contribution in [1.82, 2.24) is 0 Å². The molecule has 3 atom stereocenters. The molecule has 2 heteroatoms. The molecule has 2 fully saturated rings. The lowest BCUT2D eigenvalue weighted by Crippen LogP contribution is -2.25. The molecule has 2 aliphatic rings. The normalized spacial score (nSPS) is 37.2. The Balaban J connectivity index is 2.07.